The quantitative estimate of drug-likeness (QED) is 0.370. The smallest absolute Gasteiger partial charge is 0.331 e. The van der Waals surface area contributed by atoms with E-state index in [2.05, 4.69) is 0 Å². The number of fused-ring (bicyclic) bond motifs is 1. The summed E-state index contributed by atoms with van der Waals surface area (Å²) in [5.41, 5.74) is 5.33. The number of carbonyl (C=O) groups is 2. The predicted molar refractivity (Wildman–Crippen MR) is 124 cm³/mol. The number of carbonyl (C=O) groups excluding carboxylic acids is 2. The van der Waals surface area contributed by atoms with Gasteiger partial charge in [0.25, 0.3) is 0 Å². The van der Waals surface area contributed by atoms with Gasteiger partial charge in [-0.1, -0.05) is 11.6 Å². The molecular weight excluding hydrogens is 474 g/mol. The van der Waals surface area contributed by atoms with Gasteiger partial charge in [-0.3, -0.25) is 14.4 Å². The van der Waals surface area contributed by atoms with Crippen molar-refractivity contribution in [1.82, 2.24) is 4.57 Å². The standard InChI is InChI=1S/C22H22ClFN4O4.ClH/c1-2-32-22(31)14(8-25)21(30)15-10-28(12-3-4-12)18-13(20(15)29)7-16(24)19(17(18)23)27-6-5-11(26)9-27;/h7,10-12,14H,2-6,9,26H2,1H3;1H. The van der Waals surface area contributed by atoms with Crippen molar-refractivity contribution in [1.29, 1.82) is 5.26 Å². The van der Waals surface area contributed by atoms with Gasteiger partial charge in [-0.25, -0.2) is 4.39 Å². The van der Waals surface area contributed by atoms with Gasteiger partial charge in [-0.05, 0) is 32.3 Å². The van der Waals surface area contributed by atoms with Gasteiger partial charge in [0.05, 0.1) is 39.9 Å². The number of rotatable bonds is 6. The van der Waals surface area contributed by atoms with Gasteiger partial charge in [-0.2, -0.15) is 5.26 Å². The topological polar surface area (TPSA) is 118 Å². The molecule has 0 bridgehead atoms. The zero-order valence-corrected chi connectivity index (χ0v) is 19.4. The van der Waals surface area contributed by atoms with E-state index in [0.717, 1.165) is 18.9 Å². The molecule has 1 aromatic heterocycles. The summed E-state index contributed by atoms with van der Waals surface area (Å²) in [7, 11) is 0. The highest BCUT2D eigenvalue weighted by Crippen LogP contribution is 2.42. The average Bonchev–Trinajstić information content (AvgIpc) is 3.50. The minimum absolute atomic E-state index is 0. The average molecular weight is 497 g/mol. The second-order valence-electron chi connectivity index (χ2n) is 8.10. The first-order valence-corrected chi connectivity index (χ1v) is 10.8. The number of pyridine rings is 1. The number of hydrogen-bond acceptors (Lipinski definition) is 7. The van der Waals surface area contributed by atoms with Crippen molar-refractivity contribution in [2.75, 3.05) is 24.6 Å². The third kappa shape index (κ3) is 4.43. The molecule has 2 heterocycles. The fourth-order valence-electron chi connectivity index (χ4n) is 4.13. The number of aromatic nitrogens is 1. The van der Waals surface area contributed by atoms with Gasteiger partial charge in [-0.15, -0.1) is 12.4 Å². The van der Waals surface area contributed by atoms with Crippen LogP contribution in [0.3, 0.4) is 0 Å². The van der Waals surface area contributed by atoms with Crippen molar-refractivity contribution in [3.05, 3.63) is 38.9 Å². The molecule has 8 nitrogen and oxygen atoms in total. The summed E-state index contributed by atoms with van der Waals surface area (Å²) in [4.78, 5) is 40.0. The summed E-state index contributed by atoms with van der Waals surface area (Å²) < 4.78 is 21.6. The Morgan fingerprint density at radius 3 is 2.64 bits per heavy atom. The molecule has 1 aromatic carbocycles. The van der Waals surface area contributed by atoms with E-state index in [1.54, 1.807) is 22.5 Å². The molecule has 2 unspecified atom stereocenters. The molecule has 1 saturated carbocycles. The van der Waals surface area contributed by atoms with Gasteiger partial charge >= 0.3 is 5.97 Å². The molecular formula is C22H23Cl2FN4O4. The summed E-state index contributed by atoms with van der Waals surface area (Å²) in [6.07, 6.45) is 3.61. The third-order valence-electron chi connectivity index (χ3n) is 5.84. The van der Waals surface area contributed by atoms with Crippen molar-refractivity contribution in [3.8, 4) is 6.07 Å². The minimum Gasteiger partial charge on any atom is -0.465 e. The lowest BCUT2D eigenvalue weighted by atomic mass is 9.98. The molecule has 2 aliphatic rings. The van der Waals surface area contributed by atoms with Crippen LogP contribution in [-0.4, -0.2) is 42.1 Å². The van der Waals surface area contributed by atoms with Gasteiger partial charge in [0.2, 0.25) is 5.92 Å². The van der Waals surface area contributed by atoms with Crippen LogP contribution in [0, 0.1) is 23.1 Å². The monoisotopic (exact) mass is 496 g/mol. The molecule has 2 fully saturated rings. The predicted octanol–water partition coefficient (Wildman–Crippen LogP) is 2.97. The lowest BCUT2D eigenvalue weighted by Crippen LogP contribution is -2.30. The molecule has 2 atom stereocenters. The normalized spacial score (nSPS) is 18.5. The SMILES string of the molecule is CCOC(=O)C(C#N)C(=O)c1cn(C2CC2)c2c(Cl)c(N3CCC(N)C3)c(F)cc2c1=O.Cl. The molecule has 2 N–H and O–H groups in total. The second kappa shape index (κ2) is 9.67. The zero-order chi connectivity index (χ0) is 23.2. The minimum atomic E-state index is -1.78. The van der Waals surface area contributed by atoms with E-state index < -0.39 is 28.9 Å². The Bertz CT molecular complexity index is 1220. The van der Waals surface area contributed by atoms with Crippen LogP contribution in [0.25, 0.3) is 10.9 Å². The summed E-state index contributed by atoms with van der Waals surface area (Å²) in [5.74, 6) is -4.47. The van der Waals surface area contributed by atoms with Gasteiger partial charge in [0, 0.05) is 31.4 Å². The maximum Gasteiger partial charge on any atom is 0.331 e. The molecule has 4 rings (SSSR count). The molecule has 2 aromatic rings. The van der Waals surface area contributed by atoms with E-state index >= 15 is 4.39 Å². The highest BCUT2D eigenvalue weighted by Gasteiger charge is 2.35. The number of benzene rings is 1. The maximum absolute atomic E-state index is 15.1. The van der Waals surface area contributed by atoms with E-state index in [9.17, 15) is 19.6 Å². The van der Waals surface area contributed by atoms with Crippen LogP contribution >= 0.6 is 24.0 Å². The van der Waals surface area contributed by atoms with Crippen molar-refractivity contribution >= 4 is 52.4 Å². The Kier molecular flexibility index (Phi) is 7.32. The first kappa shape index (κ1) is 25.0. The van der Waals surface area contributed by atoms with E-state index in [-0.39, 0.29) is 52.8 Å². The molecule has 1 aliphatic heterocycles. The lowest BCUT2D eigenvalue weighted by molar-refractivity contribution is -0.144. The number of ketones is 1. The molecule has 1 saturated heterocycles. The van der Waals surface area contributed by atoms with E-state index in [4.69, 9.17) is 22.1 Å². The van der Waals surface area contributed by atoms with Crippen molar-refractivity contribution in [2.45, 2.75) is 38.3 Å². The summed E-state index contributed by atoms with van der Waals surface area (Å²) in [6, 6.07) is 2.56. The number of halogens is 3. The van der Waals surface area contributed by atoms with Crippen LogP contribution < -0.4 is 16.1 Å². The highest BCUT2D eigenvalue weighted by molar-refractivity contribution is 6.38. The highest BCUT2D eigenvalue weighted by atomic mass is 35.5. The summed E-state index contributed by atoms with van der Waals surface area (Å²) in [6.45, 7) is 2.51. The maximum atomic E-state index is 15.1. The number of nitrogens with two attached hydrogens (primary N) is 1. The Labute approximate surface area is 200 Å². The van der Waals surface area contributed by atoms with Crippen LogP contribution in [0.4, 0.5) is 10.1 Å². The number of Topliss-reactive ketones (excluding diaryl/α,β-unsaturated/α-hetero) is 1. The van der Waals surface area contributed by atoms with Crippen LogP contribution in [0.5, 0.6) is 0 Å². The van der Waals surface area contributed by atoms with Gasteiger partial charge < -0.3 is 19.9 Å². The fraction of sp³-hybridized carbons (Fsp3) is 0.455. The van der Waals surface area contributed by atoms with Crippen molar-refractivity contribution < 1.29 is 18.7 Å². The van der Waals surface area contributed by atoms with Gasteiger partial charge in [0.15, 0.2) is 11.2 Å². The van der Waals surface area contributed by atoms with Crippen LogP contribution in [0.15, 0.2) is 17.1 Å². The third-order valence-corrected chi connectivity index (χ3v) is 6.20. The Morgan fingerprint density at radius 2 is 2.09 bits per heavy atom. The van der Waals surface area contributed by atoms with E-state index in [1.165, 1.54) is 6.20 Å². The zero-order valence-electron chi connectivity index (χ0n) is 17.8. The van der Waals surface area contributed by atoms with Gasteiger partial charge in [0.1, 0.15) is 5.82 Å². The van der Waals surface area contributed by atoms with Crippen LogP contribution in [-0.2, 0) is 9.53 Å². The summed E-state index contributed by atoms with van der Waals surface area (Å²) in [5, 5.41) is 9.35. The van der Waals surface area contributed by atoms with Crippen LogP contribution in [0.2, 0.25) is 5.02 Å². The first-order valence-electron chi connectivity index (χ1n) is 10.5. The number of esters is 1. The van der Waals surface area contributed by atoms with E-state index in [1.807, 2.05) is 0 Å². The van der Waals surface area contributed by atoms with Crippen LogP contribution in [0.1, 0.15) is 42.6 Å². The molecule has 0 amide bonds. The first-order chi connectivity index (χ1) is 15.3. The molecule has 11 heteroatoms. The van der Waals surface area contributed by atoms with E-state index in [0.29, 0.717) is 25.0 Å². The number of anilines is 1. The number of hydrogen-bond donors (Lipinski definition) is 1. The largest absolute Gasteiger partial charge is 0.465 e. The fourth-order valence-corrected chi connectivity index (χ4v) is 4.54. The number of ether oxygens (including phenoxy) is 1. The molecule has 1 aliphatic carbocycles. The Morgan fingerprint density at radius 1 is 1.39 bits per heavy atom. The molecule has 176 valence electrons. The lowest BCUT2D eigenvalue weighted by Gasteiger charge is -2.23. The molecule has 0 spiro atoms. The van der Waals surface area contributed by atoms with Crippen molar-refractivity contribution in [2.24, 2.45) is 11.7 Å². The Balaban J connectivity index is 0.00000306. The molecule has 33 heavy (non-hydrogen) atoms. The Hall–Kier alpha value is -2.67. The second-order valence-corrected chi connectivity index (χ2v) is 8.48. The number of nitriles is 1. The number of nitrogens with zero attached hydrogens (tertiary/aromatic N) is 3. The summed E-state index contributed by atoms with van der Waals surface area (Å²) >= 11 is 6.64. The van der Waals surface area contributed by atoms with Crippen molar-refractivity contribution in [3.63, 3.8) is 0 Å². The molecule has 0 radical (unpaired) electrons.